The van der Waals surface area contributed by atoms with E-state index in [1.807, 2.05) is 6.07 Å². The lowest BCUT2D eigenvalue weighted by atomic mass is 10.0. The number of rotatable bonds is 6. The van der Waals surface area contributed by atoms with Crippen LogP contribution in [-0.4, -0.2) is 53.9 Å². The first-order valence-corrected chi connectivity index (χ1v) is 10.4. The quantitative estimate of drug-likeness (QED) is 0.808. The fourth-order valence-corrected chi connectivity index (χ4v) is 3.91. The maximum absolute atomic E-state index is 12.8. The Kier molecular flexibility index (Phi) is 5.92. The van der Waals surface area contributed by atoms with Gasteiger partial charge in [0.2, 0.25) is 0 Å². The van der Waals surface area contributed by atoms with Crippen molar-refractivity contribution >= 4 is 11.6 Å². The number of halogens is 1. The fraction of sp³-hybridized carbons (Fsp3) is 0.478. The fourth-order valence-electron chi connectivity index (χ4n) is 3.91. The summed E-state index contributed by atoms with van der Waals surface area (Å²) in [6, 6.07) is 7.99. The average Bonchev–Trinajstić information content (AvgIpc) is 3.56. The molecule has 1 saturated carbocycles. The van der Waals surface area contributed by atoms with Crippen molar-refractivity contribution < 1.29 is 9.18 Å². The number of nitrogens with one attached hydrogen (secondary N) is 1. The number of likely N-dealkylation sites (N-methyl/N-ethyl adjacent to an activating group) is 1. The van der Waals surface area contributed by atoms with Gasteiger partial charge in [0.1, 0.15) is 6.67 Å². The molecular formula is C23H29FN4O. The van der Waals surface area contributed by atoms with E-state index in [1.165, 1.54) is 30.2 Å². The minimum Gasteiger partial charge on any atom is -0.322 e. The Morgan fingerprint density at radius 2 is 1.97 bits per heavy atom. The van der Waals surface area contributed by atoms with E-state index in [2.05, 4.69) is 39.3 Å². The van der Waals surface area contributed by atoms with Crippen LogP contribution in [0.1, 0.15) is 51.5 Å². The maximum Gasteiger partial charge on any atom is 0.257 e. The summed E-state index contributed by atoms with van der Waals surface area (Å²) < 4.78 is 12.8. The second-order valence-electron chi connectivity index (χ2n) is 8.34. The number of nitrogens with zero attached hydrogens (tertiary/aromatic N) is 3. The lowest BCUT2D eigenvalue weighted by Crippen LogP contribution is -2.44. The Labute approximate surface area is 171 Å². The second-order valence-corrected chi connectivity index (χ2v) is 8.34. The minimum atomic E-state index is -0.618. The number of benzene rings is 1. The number of hydrogen-bond acceptors (Lipinski definition) is 4. The average molecular weight is 397 g/mol. The van der Waals surface area contributed by atoms with Crippen molar-refractivity contribution in [2.75, 3.05) is 38.5 Å². The molecule has 2 heterocycles. The van der Waals surface area contributed by atoms with Gasteiger partial charge in [-0.2, -0.15) is 0 Å². The Hall–Kier alpha value is -2.31. The Morgan fingerprint density at radius 3 is 2.62 bits per heavy atom. The minimum absolute atomic E-state index is 0.209. The van der Waals surface area contributed by atoms with Crippen molar-refractivity contribution in [3.63, 3.8) is 0 Å². The zero-order chi connectivity index (χ0) is 20.4. The Bertz CT molecular complexity index is 888. The van der Waals surface area contributed by atoms with Crippen LogP contribution in [0.25, 0.3) is 0 Å². The second kappa shape index (κ2) is 8.59. The predicted molar refractivity (Wildman–Crippen MR) is 113 cm³/mol. The van der Waals surface area contributed by atoms with E-state index in [0.29, 0.717) is 22.7 Å². The van der Waals surface area contributed by atoms with E-state index in [0.717, 1.165) is 38.4 Å². The smallest absolute Gasteiger partial charge is 0.257 e. The third-order valence-electron chi connectivity index (χ3n) is 5.99. The molecule has 4 rings (SSSR count). The number of pyridine rings is 1. The maximum atomic E-state index is 12.8. The van der Waals surface area contributed by atoms with Crippen LogP contribution in [0.4, 0.5) is 10.1 Å². The number of carbonyl (C=O) groups excluding carboxylic acids is 1. The van der Waals surface area contributed by atoms with Crippen molar-refractivity contribution in [3.05, 3.63) is 58.4 Å². The van der Waals surface area contributed by atoms with Crippen molar-refractivity contribution in [1.82, 2.24) is 14.8 Å². The summed E-state index contributed by atoms with van der Waals surface area (Å²) in [5.74, 6) is 0.404. The van der Waals surface area contributed by atoms with Gasteiger partial charge in [-0.25, -0.2) is 4.39 Å². The highest BCUT2D eigenvalue weighted by Crippen LogP contribution is 2.43. The number of amides is 1. The molecular weight excluding hydrogens is 367 g/mol. The van der Waals surface area contributed by atoms with Crippen LogP contribution in [0.5, 0.6) is 0 Å². The highest BCUT2D eigenvalue weighted by atomic mass is 19.1. The van der Waals surface area contributed by atoms with Crippen LogP contribution in [0.3, 0.4) is 0 Å². The van der Waals surface area contributed by atoms with Crippen molar-refractivity contribution in [2.45, 2.75) is 38.9 Å². The third-order valence-corrected chi connectivity index (χ3v) is 5.99. The van der Waals surface area contributed by atoms with E-state index in [9.17, 15) is 9.18 Å². The summed E-state index contributed by atoms with van der Waals surface area (Å²) in [7, 11) is 2.17. The Morgan fingerprint density at radius 1 is 1.21 bits per heavy atom. The molecule has 0 atom stereocenters. The van der Waals surface area contributed by atoms with Gasteiger partial charge in [-0.3, -0.25) is 14.7 Å². The summed E-state index contributed by atoms with van der Waals surface area (Å²) in [6.07, 6.45) is 3.89. The lowest BCUT2D eigenvalue weighted by Gasteiger charge is -2.32. The summed E-state index contributed by atoms with van der Waals surface area (Å²) in [4.78, 5) is 21.6. The summed E-state index contributed by atoms with van der Waals surface area (Å²) in [5, 5.41) is 2.99. The van der Waals surface area contributed by atoms with Crippen molar-refractivity contribution in [3.8, 4) is 0 Å². The number of aryl methyl sites for hydroxylation is 1. The molecule has 1 aliphatic carbocycles. The molecule has 29 heavy (non-hydrogen) atoms. The molecule has 5 nitrogen and oxygen atoms in total. The topological polar surface area (TPSA) is 48.5 Å². The van der Waals surface area contributed by atoms with Gasteiger partial charge in [0.05, 0.1) is 11.3 Å². The van der Waals surface area contributed by atoms with Crippen LogP contribution < -0.4 is 5.32 Å². The van der Waals surface area contributed by atoms with Crippen LogP contribution in [0, 0.1) is 6.92 Å². The van der Waals surface area contributed by atoms with E-state index in [1.54, 1.807) is 13.0 Å². The largest absolute Gasteiger partial charge is 0.322 e. The molecule has 154 valence electrons. The molecule has 0 unspecified atom stereocenters. The molecule has 0 spiro atoms. The van der Waals surface area contributed by atoms with Crippen LogP contribution in [0.2, 0.25) is 0 Å². The highest BCUT2D eigenvalue weighted by Gasteiger charge is 2.27. The van der Waals surface area contributed by atoms with Gasteiger partial charge in [-0.1, -0.05) is 6.07 Å². The monoisotopic (exact) mass is 396 g/mol. The predicted octanol–water partition coefficient (Wildman–Crippen LogP) is 3.74. The Balaban J connectivity index is 1.47. The summed E-state index contributed by atoms with van der Waals surface area (Å²) in [5.41, 5.74) is 5.08. The molecule has 1 aliphatic heterocycles. The molecule has 1 N–H and O–H groups in total. The first kappa shape index (κ1) is 20.0. The molecule has 2 aliphatic rings. The SMILES string of the molecule is Cc1cc(C(=O)Nc2ccc(CN3CCN(C)CC3)c(C3CC3)c2)cnc1CF. The normalized spacial score (nSPS) is 18.0. The van der Waals surface area contributed by atoms with Gasteiger partial charge in [-0.15, -0.1) is 0 Å². The molecule has 1 aromatic carbocycles. The van der Waals surface area contributed by atoms with E-state index in [4.69, 9.17) is 0 Å². The van der Waals surface area contributed by atoms with Gasteiger partial charge in [0.25, 0.3) is 5.91 Å². The summed E-state index contributed by atoms with van der Waals surface area (Å²) in [6.45, 7) is 6.55. The molecule has 1 amide bonds. The van der Waals surface area contributed by atoms with Crippen molar-refractivity contribution in [2.24, 2.45) is 0 Å². The van der Waals surface area contributed by atoms with Gasteiger partial charge in [0.15, 0.2) is 0 Å². The van der Waals surface area contributed by atoms with Gasteiger partial charge in [0, 0.05) is 44.6 Å². The molecule has 1 saturated heterocycles. The standard InChI is InChI=1S/C23H29FN4O/c1-16-11-19(14-25-22(16)13-24)23(29)26-20-6-5-18(21(12-20)17-3-4-17)15-28-9-7-27(2)8-10-28/h5-6,11-12,14,17H,3-4,7-10,13,15H2,1-2H3,(H,26,29). The number of hydrogen-bond donors (Lipinski definition) is 1. The molecule has 0 radical (unpaired) electrons. The van der Waals surface area contributed by atoms with E-state index in [-0.39, 0.29) is 5.91 Å². The van der Waals surface area contributed by atoms with Crippen LogP contribution >= 0.6 is 0 Å². The zero-order valence-corrected chi connectivity index (χ0v) is 17.2. The molecule has 2 fully saturated rings. The zero-order valence-electron chi connectivity index (χ0n) is 17.2. The molecule has 1 aromatic heterocycles. The number of alkyl halides is 1. The number of aromatic nitrogens is 1. The summed E-state index contributed by atoms with van der Waals surface area (Å²) >= 11 is 0. The van der Waals surface area contributed by atoms with Gasteiger partial charge in [-0.05, 0) is 67.6 Å². The van der Waals surface area contributed by atoms with Gasteiger partial charge >= 0.3 is 0 Å². The van der Waals surface area contributed by atoms with Crippen molar-refractivity contribution in [1.29, 1.82) is 0 Å². The van der Waals surface area contributed by atoms with Gasteiger partial charge < -0.3 is 10.2 Å². The first-order valence-electron chi connectivity index (χ1n) is 10.4. The molecule has 0 bridgehead atoms. The highest BCUT2D eigenvalue weighted by molar-refractivity contribution is 6.04. The third kappa shape index (κ3) is 4.82. The first-order chi connectivity index (χ1) is 14.0. The van der Waals surface area contributed by atoms with E-state index >= 15 is 0 Å². The molecule has 2 aromatic rings. The number of piperazine rings is 1. The van der Waals surface area contributed by atoms with Crippen LogP contribution in [-0.2, 0) is 13.2 Å². The number of carbonyl (C=O) groups is 1. The van der Waals surface area contributed by atoms with E-state index < -0.39 is 6.67 Å². The molecule has 6 heteroatoms. The van der Waals surface area contributed by atoms with Crippen LogP contribution in [0.15, 0.2) is 30.5 Å². The number of anilines is 1. The lowest BCUT2D eigenvalue weighted by molar-refractivity contribution is 0.102.